The average molecular weight is 470 g/mol. The molecule has 4 amide bonds. The van der Waals surface area contributed by atoms with Crippen LogP contribution in [0.4, 0.5) is 4.79 Å². The fourth-order valence-electron chi connectivity index (χ4n) is 3.71. The lowest BCUT2D eigenvalue weighted by Crippen LogP contribution is -2.61. The lowest BCUT2D eigenvalue weighted by atomic mass is 9.97. The number of piperidine rings is 1. The van der Waals surface area contributed by atoms with Gasteiger partial charge in [-0.25, -0.2) is 4.79 Å². The minimum atomic E-state index is -0.868. The molecule has 0 aromatic rings. The van der Waals surface area contributed by atoms with Crippen molar-refractivity contribution in [3.63, 3.8) is 0 Å². The Balaban J connectivity index is 3.06. The zero-order valence-corrected chi connectivity index (χ0v) is 21.7. The van der Waals surface area contributed by atoms with E-state index in [1.165, 1.54) is 9.80 Å². The number of carbonyl (C=O) groups is 4. The van der Waals surface area contributed by atoms with Gasteiger partial charge in [-0.2, -0.15) is 0 Å². The largest absolute Gasteiger partial charge is 0.444 e. The molecule has 0 bridgehead atoms. The number of likely N-dealkylation sites (N-methyl/N-ethyl adjacent to an activating group) is 2. The van der Waals surface area contributed by atoms with E-state index in [-0.39, 0.29) is 30.2 Å². The van der Waals surface area contributed by atoms with Crippen LogP contribution in [0.5, 0.6) is 0 Å². The summed E-state index contributed by atoms with van der Waals surface area (Å²) < 4.78 is 5.33. The van der Waals surface area contributed by atoms with Gasteiger partial charge in [0.15, 0.2) is 0 Å². The molecule has 0 aliphatic carbocycles. The molecule has 190 valence electrons. The van der Waals surface area contributed by atoms with Gasteiger partial charge in [0.25, 0.3) is 0 Å². The Labute approximate surface area is 198 Å². The molecular formula is C23H43N5O5. The van der Waals surface area contributed by atoms with E-state index < -0.39 is 29.8 Å². The van der Waals surface area contributed by atoms with Gasteiger partial charge in [-0.1, -0.05) is 13.8 Å². The van der Waals surface area contributed by atoms with Crippen LogP contribution in [-0.4, -0.2) is 104 Å². The molecule has 0 aromatic heterocycles. The second kappa shape index (κ2) is 12.2. The summed E-state index contributed by atoms with van der Waals surface area (Å²) in [5, 5.41) is 5.52. The van der Waals surface area contributed by atoms with Crippen molar-refractivity contribution in [1.29, 1.82) is 0 Å². The van der Waals surface area contributed by atoms with E-state index in [2.05, 4.69) is 10.6 Å². The maximum absolute atomic E-state index is 13.5. The molecule has 10 heteroatoms. The van der Waals surface area contributed by atoms with Crippen LogP contribution in [0.15, 0.2) is 0 Å². The van der Waals surface area contributed by atoms with Crippen molar-refractivity contribution in [1.82, 2.24) is 25.3 Å². The third-order valence-corrected chi connectivity index (χ3v) is 5.30. The van der Waals surface area contributed by atoms with Gasteiger partial charge in [-0.15, -0.1) is 0 Å². The number of amides is 4. The molecule has 0 aromatic carbocycles. The highest BCUT2D eigenvalue weighted by molar-refractivity contribution is 5.94. The molecule has 1 saturated heterocycles. The minimum absolute atomic E-state index is 0.105. The first kappa shape index (κ1) is 28.7. The van der Waals surface area contributed by atoms with E-state index in [9.17, 15) is 19.2 Å². The summed E-state index contributed by atoms with van der Waals surface area (Å²) in [6.07, 6.45) is 1.38. The Kier molecular flexibility index (Phi) is 10.6. The second-order valence-electron chi connectivity index (χ2n) is 10.5. The van der Waals surface area contributed by atoms with Crippen LogP contribution in [0.25, 0.3) is 0 Å². The first-order chi connectivity index (χ1) is 15.1. The van der Waals surface area contributed by atoms with Crippen LogP contribution < -0.4 is 10.6 Å². The van der Waals surface area contributed by atoms with Crippen LogP contribution in [0, 0.1) is 5.92 Å². The lowest BCUT2D eigenvalue weighted by molar-refractivity contribution is -0.145. The summed E-state index contributed by atoms with van der Waals surface area (Å²) in [5.41, 5.74) is -0.700. The van der Waals surface area contributed by atoms with Crippen molar-refractivity contribution in [2.45, 2.75) is 77.6 Å². The van der Waals surface area contributed by atoms with E-state index in [1.807, 2.05) is 13.8 Å². The number of likely N-dealkylation sites (tertiary alicyclic amines) is 1. The van der Waals surface area contributed by atoms with E-state index in [0.717, 1.165) is 12.8 Å². The second-order valence-corrected chi connectivity index (χ2v) is 10.5. The van der Waals surface area contributed by atoms with Gasteiger partial charge in [0, 0.05) is 27.2 Å². The Morgan fingerprint density at radius 3 is 2.12 bits per heavy atom. The number of carbonyl (C=O) groups excluding carboxylic acids is 4. The topological polar surface area (TPSA) is 111 Å². The van der Waals surface area contributed by atoms with Gasteiger partial charge in [-0.3, -0.25) is 14.4 Å². The minimum Gasteiger partial charge on any atom is -0.444 e. The summed E-state index contributed by atoms with van der Waals surface area (Å²) in [5.74, 6) is -0.983. The standard InChI is InChI=1S/C23H43N5O5/c1-15(2)18(21(31)27(8)9)25-19(29)17-12-10-11-13-28(17)20(30)16(14-26(6)7)24-22(32)33-23(3,4)5/h15-18H,10-14H2,1-9H3,(H,24,32)(H,25,29)/t16-,17-,18+/m0/s1. The molecule has 0 saturated carbocycles. The molecular weight excluding hydrogens is 426 g/mol. The zero-order valence-electron chi connectivity index (χ0n) is 21.7. The lowest BCUT2D eigenvalue weighted by Gasteiger charge is -2.38. The van der Waals surface area contributed by atoms with Gasteiger partial charge in [-0.05, 0) is 60.0 Å². The summed E-state index contributed by atoms with van der Waals surface area (Å²) in [7, 11) is 6.90. The summed E-state index contributed by atoms with van der Waals surface area (Å²) in [4.78, 5) is 56.4. The molecule has 10 nitrogen and oxygen atoms in total. The molecule has 2 N–H and O–H groups in total. The van der Waals surface area contributed by atoms with Crippen LogP contribution >= 0.6 is 0 Å². The van der Waals surface area contributed by atoms with Crippen LogP contribution in [0.2, 0.25) is 0 Å². The monoisotopic (exact) mass is 469 g/mol. The van der Waals surface area contributed by atoms with Gasteiger partial charge >= 0.3 is 6.09 Å². The SMILES string of the molecule is CC(C)[C@@H](NC(=O)[C@@H]1CCCCN1C(=O)[C@H](CN(C)C)NC(=O)OC(C)(C)C)C(=O)N(C)C. The first-order valence-electron chi connectivity index (χ1n) is 11.6. The maximum Gasteiger partial charge on any atom is 0.408 e. The summed E-state index contributed by atoms with van der Waals surface area (Å²) >= 11 is 0. The van der Waals surface area contributed by atoms with E-state index in [1.54, 1.807) is 53.9 Å². The molecule has 0 radical (unpaired) electrons. The number of rotatable bonds is 8. The maximum atomic E-state index is 13.5. The molecule has 0 spiro atoms. The molecule has 0 unspecified atom stereocenters. The number of alkyl carbamates (subject to hydrolysis) is 1. The molecule has 1 fully saturated rings. The average Bonchev–Trinajstić information content (AvgIpc) is 2.68. The van der Waals surface area contributed by atoms with Gasteiger partial charge in [0.2, 0.25) is 17.7 Å². The highest BCUT2D eigenvalue weighted by Crippen LogP contribution is 2.20. The first-order valence-corrected chi connectivity index (χ1v) is 11.6. The van der Waals surface area contributed by atoms with E-state index in [4.69, 9.17) is 4.74 Å². The highest BCUT2D eigenvalue weighted by atomic mass is 16.6. The molecule has 1 aliphatic rings. The smallest absolute Gasteiger partial charge is 0.408 e. The molecule has 1 aliphatic heterocycles. The van der Waals surface area contributed by atoms with E-state index in [0.29, 0.717) is 13.0 Å². The van der Waals surface area contributed by atoms with Gasteiger partial charge in [0.1, 0.15) is 23.7 Å². The molecule has 33 heavy (non-hydrogen) atoms. The Morgan fingerprint density at radius 1 is 1.03 bits per heavy atom. The molecule has 1 heterocycles. The van der Waals surface area contributed by atoms with Gasteiger partial charge in [0.05, 0.1) is 0 Å². The van der Waals surface area contributed by atoms with Crippen molar-refractivity contribution < 1.29 is 23.9 Å². The van der Waals surface area contributed by atoms with Crippen LogP contribution in [0.3, 0.4) is 0 Å². The summed E-state index contributed by atoms with van der Waals surface area (Å²) in [6.45, 7) is 9.66. The van der Waals surface area contributed by atoms with Crippen molar-refractivity contribution in [2.24, 2.45) is 5.92 Å². The fraction of sp³-hybridized carbons (Fsp3) is 0.826. The van der Waals surface area contributed by atoms with Crippen LogP contribution in [-0.2, 0) is 19.1 Å². The predicted molar refractivity (Wildman–Crippen MR) is 127 cm³/mol. The molecule has 3 atom stereocenters. The van der Waals surface area contributed by atoms with Crippen molar-refractivity contribution in [3.05, 3.63) is 0 Å². The van der Waals surface area contributed by atoms with Crippen LogP contribution in [0.1, 0.15) is 53.9 Å². The van der Waals surface area contributed by atoms with Gasteiger partial charge < -0.3 is 30.1 Å². The fourth-order valence-corrected chi connectivity index (χ4v) is 3.71. The quantitative estimate of drug-likeness (QED) is 0.550. The Hall–Kier alpha value is -2.36. The number of hydrogen-bond acceptors (Lipinski definition) is 6. The highest BCUT2D eigenvalue weighted by Gasteiger charge is 2.38. The zero-order chi connectivity index (χ0) is 25.5. The van der Waals surface area contributed by atoms with Crippen molar-refractivity contribution >= 4 is 23.8 Å². The van der Waals surface area contributed by atoms with E-state index >= 15 is 0 Å². The van der Waals surface area contributed by atoms with Crippen molar-refractivity contribution in [3.8, 4) is 0 Å². The Bertz CT molecular complexity index is 702. The Morgan fingerprint density at radius 2 is 1.64 bits per heavy atom. The number of hydrogen-bond donors (Lipinski definition) is 2. The normalized spacial score (nSPS) is 18.5. The number of ether oxygens (including phenoxy) is 1. The van der Waals surface area contributed by atoms with Crippen molar-refractivity contribution in [2.75, 3.05) is 41.3 Å². The number of nitrogens with one attached hydrogen (secondary N) is 2. The summed E-state index contributed by atoms with van der Waals surface area (Å²) in [6, 6.07) is -2.25. The predicted octanol–water partition coefficient (Wildman–Crippen LogP) is 1.05. The molecule has 1 rings (SSSR count). The number of nitrogens with zero attached hydrogens (tertiary/aromatic N) is 3. The third-order valence-electron chi connectivity index (χ3n) is 5.30. The third kappa shape index (κ3) is 9.19.